The van der Waals surface area contributed by atoms with Gasteiger partial charge in [-0.15, -0.1) is 11.6 Å². The van der Waals surface area contributed by atoms with Crippen LogP contribution in [0.5, 0.6) is 5.75 Å². The predicted molar refractivity (Wildman–Crippen MR) is 78.0 cm³/mol. The number of nitrogens with two attached hydrogens (primary N) is 1. The molecule has 2 rings (SSSR count). The van der Waals surface area contributed by atoms with Crippen molar-refractivity contribution in [3.63, 3.8) is 0 Å². The van der Waals surface area contributed by atoms with Crippen LogP contribution in [-0.4, -0.2) is 28.7 Å². The molecule has 0 saturated carbocycles. The second-order valence-electron chi connectivity index (χ2n) is 4.16. The first-order valence-electron chi connectivity index (χ1n) is 6.37. The minimum atomic E-state index is -0.545. The molecule has 0 aliphatic rings. The highest BCUT2D eigenvalue weighted by atomic mass is 35.5. The summed E-state index contributed by atoms with van der Waals surface area (Å²) in [6.45, 7) is 3.47. The van der Waals surface area contributed by atoms with E-state index >= 15 is 0 Å². The second-order valence-corrected chi connectivity index (χ2v) is 4.43. The molecule has 0 aliphatic carbocycles. The number of hydrogen-bond donors (Lipinski definition) is 2. The van der Waals surface area contributed by atoms with E-state index in [1.165, 1.54) is 0 Å². The summed E-state index contributed by atoms with van der Waals surface area (Å²) in [5.74, 6) is 1.76. The number of halogens is 1. The summed E-state index contributed by atoms with van der Waals surface area (Å²) < 4.78 is 7.53. The zero-order valence-electron chi connectivity index (χ0n) is 11.2. The molecule has 6 nitrogen and oxygen atoms in total. The number of alkyl halides is 1. The summed E-state index contributed by atoms with van der Waals surface area (Å²) in [6.07, 6.45) is 0. The number of hydrogen-bond acceptors (Lipinski definition) is 3. The van der Waals surface area contributed by atoms with Gasteiger partial charge in [0.1, 0.15) is 17.1 Å². The standard InChI is InChI=1S/C13H17ClN4O2/c1-2-20-10-5-3-4-9-12(10)17-11(8-14)18(9)7-6-16-13(15)19/h3-5H,2,6-8H2,1H3,(H3,15,16,19). The van der Waals surface area contributed by atoms with Gasteiger partial charge in [0.2, 0.25) is 0 Å². The Kier molecular flexibility index (Phi) is 4.68. The summed E-state index contributed by atoms with van der Waals surface area (Å²) >= 11 is 5.94. The molecule has 0 aliphatic heterocycles. The van der Waals surface area contributed by atoms with Gasteiger partial charge >= 0.3 is 6.03 Å². The maximum absolute atomic E-state index is 10.7. The molecule has 108 valence electrons. The van der Waals surface area contributed by atoms with E-state index in [1.807, 2.05) is 29.7 Å². The van der Waals surface area contributed by atoms with Crippen LogP contribution in [0, 0.1) is 0 Å². The third kappa shape index (κ3) is 2.96. The maximum Gasteiger partial charge on any atom is 0.312 e. The topological polar surface area (TPSA) is 82.2 Å². The van der Waals surface area contributed by atoms with Gasteiger partial charge < -0.3 is 20.4 Å². The van der Waals surface area contributed by atoms with Crippen LogP contribution in [0.1, 0.15) is 12.7 Å². The third-order valence-corrected chi connectivity index (χ3v) is 3.11. The Labute approximate surface area is 121 Å². The number of benzene rings is 1. The molecule has 2 amide bonds. The lowest BCUT2D eigenvalue weighted by Crippen LogP contribution is -2.32. The van der Waals surface area contributed by atoms with Gasteiger partial charge in [0, 0.05) is 13.1 Å². The average molecular weight is 297 g/mol. The third-order valence-electron chi connectivity index (χ3n) is 2.87. The number of para-hydroxylation sites is 1. The van der Waals surface area contributed by atoms with Gasteiger partial charge in [-0.2, -0.15) is 0 Å². The van der Waals surface area contributed by atoms with Crippen LogP contribution >= 0.6 is 11.6 Å². The maximum atomic E-state index is 10.7. The molecule has 1 aromatic carbocycles. The summed E-state index contributed by atoms with van der Waals surface area (Å²) in [7, 11) is 0. The predicted octanol–water partition coefficient (Wildman–Crippen LogP) is 1.84. The lowest BCUT2D eigenvalue weighted by atomic mass is 10.3. The number of rotatable bonds is 6. The normalized spacial score (nSPS) is 10.7. The van der Waals surface area contributed by atoms with Crippen molar-refractivity contribution < 1.29 is 9.53 Å². The van der Waals surface area contributed by atoms with E-state index in [9.17, 15) is 4.79 Å². The van der Waals surface area contributed by atoms with Crippen molar-refractivity contribution in [2.75, 3.05) is 13.2 Å². The summed E-state index contributed by atoms with van der Waals surface area (Å²) in [6, 6.07) is 5.19. The van der Waals surface area contributed by atoms with Crippen LogP contribution in [0.15, 0.2) is 18.2 Å². The largest absolute Gasteiger partial charge is 0.492 e. The first-order valence-corrected chi connectivity index (χ1v) is 6.91. The highest BCUT2D eigenvalue weighted by molar-refractivity contribution is 6.16. The molecule has 0 bridgehead atoms. The summed E-state index contributed by atoms with van der Waals surface area (Å²) in [5, 5.41) is 2.56. The van der Waals surface area contributed by atoms with Gasteiger partial charge in [0.05, 0.1) is 18.0 Å². The Morgan fingerprint density at radius 1 is 1.55 bits per heavy atom. The fourth-order valence-corrected chi connectivity index (χ4v) is 2.29. The first kappa shape index (κ1) is 14.5. The Bertz CT molecular complexity index is 612. The SMILES string of the molecule is CCOc1cccc2c1nc(CCl)n2CCNC(N)=O. The van der Waals surface area contributed by atoms with Crippen molar-refractivity contribution in [3.05, 3.63) is 24.0 Å². The number of amides is 2. The van der Waals surface area contributed by atoms with Crippen LogP contribution < -0.4 is 15.8 Å². The van der Waals surface area contributed by atoms with Crippen LogP contribution in [0.4, 0.5) is 4.79 Å². The lowest BCUT2D eigenvalue weighted by Gasteiger charge is -2.08. The Morgan fingerprint density at radius 2 is 2.35 bits per heavy atom. The van der Waals surface area contributed by atoms with E-state index in [2.05, 4.69) is 10.3 Å². The van der Waals surface area contributed by atoms with Crippen LogP contribution in [0.2, 0.25) is 0 Å². The molecule has 7 heteroatoms. The monoisotopic (exact) mass is 296 g/mol. The van der Waals surface area contributed by atoms with Crippen molar-refractivity contribution in [3.8, 4) is 5.75 Å². The number of primary amides is 1. The second kappa shape index (κ2) is 6.47. The molecule has 0 fully saturated rings. The molecule has 0 unspecified atom stereocenters. The summed E-state index contributed by atoms with van der Waals surface area (Å²) in [5.41, 5.74) is 6.77. The number of nitrogens with zero attached hydrogens (tertiary/aromatic N) is 2. The molecule has 0 radical (unpaired) electrons. The van der Waals surface area contributed by atoms with Crippen molar-refractivity contribution in [2.24, 2.45) is 5.73 Å². The van der Waals surface area contributed by atoms with Crippen molar-refractivity contribution >= 4 is 28.7 Å². The molecule has 3 N–H and O–H groups in total. The Balaban J connectivity index is 2.36. The van der Waals surface area contributed by atoms with E-state index < -0.39 is 6.03 Å². The molecule has 0 saturated heterocycles. The molecule has 1 aromatic heterocycles. The van der Waals surface area contributed by atoms with E-state index in [4.69, 9.17) is 22.1 Å². The van der Waals surface area contributed by atoms with E-state index in [0.29, 0.717) is 19.7 Å². The van der Waals surface area contributed by atoms with Gasteiger partial charge in [0.15, 0.2) is 0 Å². The molecule has 2 aromatic rings. The number of fused-ring (bicyclic) bond motifs is 1. The highest BCUT2D eigenvalue weighted by Crippen LogP contribution is 2.26. The van der Waals surface area contributed by atoms with Gasteiger partial charge in [0.25, 0.3) is 0 Å². The summed E-state index contributed by atoms with van der Waals surface area (Å²) in [4.78, 5) is 15.2. The minimum Gasteiger partial charge on any atom is -0.492 e. The molecule has 0 atom stereocenters. The lowest BCUT2D eigenvalue weighted by molar-refractivity contribution is 0.248. The fourth-order valence-electron chi connectivity index (χ4n) is 2.08. The molecular formula is C13H17ClN4O2. The average Bonchev–Trinajstić information content (AvgIpc) is 2.78. The number of urea groups is 1. The number of ether oxygens (including phenoxy) is 1. The minimum absolute atomic E-state index is 0.289. The van der Waals surface area contributed by atoms with E-state index in [1.54, 1.807) is 0 Å². The van der Waals surface area contributed by atoms with E-state index in [0.717, 1.165) is 22.6 Å². The van der Waals surface area contributed by atoms with Gasteiger partial charge in [-0.25, -0.2) is 9.78 Å². The van der Waals surface area contributed by atoms with E-state index in [-0.39, 0.29) is 5.88 Å². The highest BCUT2D eigenvalue weighted by Gasteiger charge is 2.13. The van der Waals surface area contributed by atoms with Gasteiger partial charge in [-0.1, -0.05) is 6.07 Å². The van der Waals surface area contributed by atoms with Gasteiger partial charge in [-0.3, -0.25) is 0 Å². The van der Waals surface area contributed by atoms with Crippen molar-refractivity contribution in [2.45, 2.75) is 19.3 Å². The number of carbonyl (C=O) groups excluding carboxylic acids is 1. The molecule has 0 spiro atoms. The fraction of sp³-hybridized carbons (Fsp3) is 0.385. The van der Waals surface area contributed by atoms with Crippen molar-refractivity contribution in [1.82, 2.24) is 14.9 Å². The smallest absolute Gasteiger partial charge is 0.312 e. The number of carbonyl (C=O) groups is 1. The zero-order chi connectivity index (χ0) is 14.5. The number of aromatic nitrogens is 2. The van der Waals surface area contributed by atoms with Crippen LogP contribution in [-0.2, 0) is 12.4 Å². The first-order chi connectivity index (χ1) is 9.67. The van der Waals surface area contributed by atoms with Crippen LogP contribution in [0.3, 0.4) is 0 Å². The molecule has 20 heavy (non-hydrogen) atoms. The van der Waals surface area contributed by atoms with Crippen molar-refractivity contribution in [1.29, 1.82) is 0 Å². The Hall–Kier alpha value is -1.95. The zero-order valence-corrected chi connectivity index (χ0v) is 12.0. The Morgan fingerprint density at radius 3 is 3.00 bits per heavy atom. The van der Waals surface area contributed by atoms with Gasteiger partial charge in [-0.05, 0) is 19.1 Å². The van der Waals surface area contributed by atoms with Crippen LogP contribution in [0.25, 0.3) is 11.0 Å². The quantitative estimate of drug-likeness (QED) is 0.798. The molecule has 1 heterocycles. The number of imidazole rings is 1. The number of nitrogens with one attached hydrogen (secondary N) is 1. The molecular weight excluding hydrogens is 280 g/mol.